The number of rotatable bonds is 4. The number of carbonyl (C=O) groups excluding carboxylic acids is 1. The minimum Gasteiger partial charge on any atom is -0.370 e. The summed E-state index contributed by atoms with van der Waals surface area (Å²) in [5.41, 5.74) is 2.04. The maximum Gasteiger partial charge on any atom is 0.228 e. The van der Waals surface area contributed by atoms with Crippen LogP contribution < -0.4 is 10.2 Å². The normalized spacial score (nSPS) is 14.1. The number of hydrogen-bond acceptors (Lipinski definition) is 2. The van der Waals surface area contributed by atoms with E-state index in [0.29, 0.717) is 11.3 Å². The molecule has 0 spiro atoms. The highest BCUT2D eigenvalue weighted by molar-refractivity contribution is 5.95. The Morgan fingerprint density at radius 3 is 2.35 bits per heavy atom. The van der Waals surface area contributed by atoms with Gasteiger partial charge in [-0.25, -0.2) is 8.78 Å². The van der Waals surface area contributed by atoms with Crippen molar-refractivity contribution in [3.63, 3.8) is 0 Å². The van der Waals surface area contributed by atoms with Gasteiger partial charge in [-0.3, -0.25) is 4.79 Å². The van der Waals surface area contributed by atoms with Crippen molar-refractivity contribution in [1.29, 1.82) is 0 Å². The van der Waals surface area contributed by atoms with Gasteiger partial charge in [-0.05, 0) is 48.7 Å². The number of hydrogen-bond donors (Lipinski definition) is 1. The zero-order valence-corrected chi connectivity index (χ0v) is 12.7. The zero-order valence-electron chi connectivity index (χ0n) is 12.7. The Labute approximate surface area is 133 Å². The Hall–Kier alpha value is -2.43. The standard InChI is InChI=1S/C18H18F2N2O/c19-14-5-3-13(4-6-14)11-18(23)21-16-12-15(20)7-8-17(16)22-9-1-2-10-22/h3-8,12H,1-2,9-11H2,(H,21,23). The second kappa shape index (κ2) is 6.77. The van der Waals surface area contributed by atoms with E-state index < -0.39 is 0 Å². The van der Waals surface area contributed by atoms with Crippen molar-refractivity contribution in [1.82, 2.24) is 0 Å². The van der Waals surface area contributed by atoms with Crippen LogP contribution in [0.5, 0.6) is 0 Å². The van der Waals surface area contributed by atoms with E-state index in [4.69, 9.17) is 0 Å². The van der Waals surface area contributed by atoms with E-state index in [2.05, 4.69) is 10.2 Å². The summed E-state index contributed by atoms with van der Waals surface area (Å²) in [5, 5.41) is 2.78. The molecule has 3 nitrogen and oxygen atoms in total. The van der Waals surface area contributed by atoms with Gasteiger partial charge in [-0.15, -0.1) is 0 Å². The Morgan fingerprint density at radius 1 is 1.00 bits per heavy atom. The number of benzene rings is 2. The molecule has 0 bridgehead atoms. The van der Waals surface area contributed by atoms with Crippen LogP contribution in [0.4, 0.5) is 20.2 Å². The number of nitrogens with zero attached hydrogens (tertiary/aromatic N) is 1. The van der Waals surface area contributed by atoms with E-state index in [0.717, 1.165) is 31.6 Å². The maximum atomic E-state index is 13.5. The summed E-state index contributed by atoms with van der Waals surface area (Å²) < 4.78 is 26.4. The summed E-state index contributed by atoms with van der Waals surface area (Å²) in [4.78, 5) is 14.3. The van der Waals surface area contributed by atoms with E-state index in [9.17, 15) is 13.6 Å². The monoisotopic (exact) mass is 316 g/mol. The lowest BCUT2D eigenvalue weighted by Gasteiger charge is -2.21. The van der Waals surface area contributed by atoms with Gasteiger partial charge in [0.05, 0.1) is 17.8 Å². The van der Waals surface area contributed by atoms with Crippen LogP contribution in [0.1, 0.15) is 18.4 Å². The Balaban J connectivity index is 1.74. The van der Waals surface area contributed by atoms with Crippen LogP contribution in [0.25, 0.3) is 0 Å². The van der Waals surface area contributed by atoms with Gasteiger partial charge in [-0.1, -0.05) is 12.1 Å². The summed E-state index contributed by atoms with van der Waals surface area (Å²) in [5.74, 6) is -0.969. The minimum atomic E-state index is -0.384. The molecule has 1 amide bonds. The molecule has 1 saturated heterocycles. The molecule has 2 aromatic rings. The first kappa shape index (κ1) is 15.5. The van der Waals surface area contributed by atoms with Crippen molar-refractivity contribution >= 4 is 17.3 Å². The van der Waals surface area contributed by atoms with Gasteiger partial charge in [0.2, 0.25) is 5.91 Å². The highest BCUT2D eigenvalue weighted by Gasteiger charge is 2.17. The van der Waals surface area contributed by atoms with Crippen molar-refractivity contribution in [2.24, 2.45) is 0 Å². The summed E-state index contributed by atoms with van der Waals surface area (Å²) in [6.07, 6.45) is 2.32. The summed E-state index contributed by atoms with van der Waals surface area (Å²) in [7, 11) is 0. The fourth-order valence-electron chi connectivity index (χ4n) is 2.82. The first-order chi connectivity index (χ1) is 11.1. The summed E-state index contributed by atoms with van der Waals surface area (Å²) >= 11 is 0. The first-order valence-electron chi connectivity index (χ1n) is 7.70. The molecule has 2 aromatic carbocycles. The van der Waals surface area contributed by atoms with E-state index in [1.807, 2.05) is 0 Å². The van der Waals surface area contributed by atoms with Gasteiger partial charge in [-0.2, -0.15) is 0 Å². The smallest absolute Gasteiger partial charge is 0.228 e. The molecule has 0 radical (unpaired) electrons. The molecule has 0 unspecified atom stereocenters. The number of amides is 1. The predicted octanol–water partition coefficient (Wildman–Crippen LogP) is 3.75. The van der Waals surface area contributed by atoms with Crippen LogP contribution in [0.3, 0.4) is 0 Å². The van der Waals surface area contributed by atoms with E-state index >= 15 is 0 Å². The Morgan fingerprint density at radius 2 is 1.65 bits per heavy atom. The summed E-state index contributed by atoms with van der Waals surface area (Å²) in [6.45, 7) is 1.82. The van der Waals surface area contributed by atoms with Crippen molar-refractivity contribution < 1.29 is 13.6 Å². The van der Waals surface area contributed by atoms with Gasteiger partial charge in [0, 0.05) is 13.1 Å². The molecule has 1 aliphatic rings. The van der Waals surface area contributed by atoms with Gasteiger partial charge in [0.15, 0.2) is 0 Å². The van der Waals surface area contributed by atoms with Crippen LogP contribution in [-0.2, 0) is 11.2 Å². The highest BCUT2D eigenvalue weighted by Crippen LogP contribution is 2.29. The molecule has 3 rings (SSSR count). The van der Waals surface area contributed by atoms with Crippen molar-refractivity contribution in [3.05, 3.63) is 59.7 Å². The molecule has 1 N–H and O–H groups in total. The molecule has 23 heavy (non-hydrogen) atoms. The fourth-order valence-corrected chi connectivity index (χ4v) is 2.82. The lowest BCUT2D eigenvalue weighted by atomic mass is 10.1. The molecule has 1 aliphatic heterocycles. The topological polar surface area (TPSA) is 32.3 Å². The van der Waals surface area contributed by atoms with E-state index in [-0.39, 0.29) is 24.0 Å². The second-order valence-electron chi connectivity index (χ2n) is 5.71. The zero-order chi connectivity index (χ0) is 16.2. The highest BCUT2D eigenvalue weighted by atomic mass is 19.1. The third-order valence-electron chi connectivity index (χ3n) is 3.96. The SMILES string of the molecule is O=C(Cc1ccc(F)cc1)Nc1cc(F)ccc1N1CCCC1. The fraction of sp³-hybridized carbons (Fsp3) is 0.278. The van der Waals surface area contributed by atoms with Crippen LogP contribution in [0, 0.1) is 11.6 Å². The molecule has 0 aliphatic carbocycles. The average Bonchev–Trinajstić information content (AvgIpc) is 3.04. The molecule has 0 atom stereocenters. The van der Waals surface area contributed by atoms with Crippen LogP contribution in [-0.4, -0.2) is 19.0 Å². The summed E-state index contributed by atoms with van der Waals surface area (Å²) in [6, 6.07) is 10.2. The van der Waals surface area contributed by atoms with Crippen LogP contribution in [0.15, 0.2) is 42.5 Å². The van der Waals surface area contributed by atoms with Gasteiger partial charge in [0.25, 0.3) is 0 Å². The number of carbonyl (C=O) groups is 1. The van der Waals surface area contributed by atoms with Crippen LogP contribution >= 0.6 is 0 Å². The lowest BCUT2D eigenvalue weighted by Crippen LogP contribution is -2.22. The number of halogens is 2. The van der Waals surface area contributed by atoms with Crippen molar-refractivity contribution in [2.45, 2.75) is 19.3 Å². The van der Waals surface area contributed by atoms with E-state index in [1.54, 1.807) is 18.2 Å². The third kappa shape index (κ3) is 3.86. The largest absolute Gasteiger partial charge is 0.370 e. The lowest BCUT2D eigenvalue weighted by molar-refractivity contribution is -0.115. The Kier molecular flexibility index (Phi) is 4.55. The predicted molar refractivity (Wildman–Crippen MR) is 86.6 cm³/mol. The second-order valence-corrected chi connectivity index (χ2v) is 5.71. The first-order valence-corrected chi connectivity index (χ1v) is 7.70. The molecular formula is C18H18F2N2O. The van der Waals surface area contributed by atoms with Crippen LogP contribution in [0.2, 0.25) is 0 Å². The molecule has 1 heterocycles. The molecular weight excluding hydrogens is 298 g/mol. The van der Waals surface area contributed by atoms with Gasteiger partial charge in [0.1, 0.15) is 11.6 Å². The molecule has 0 saturated carbocycles. The quantitative estimate of drug-likeness (QED) is 0.932. The van der Waals surface area contributed by atoms with E-state index in [1.165, 1.54) is 24.3 Å². The molecule has 120 valence electrons. The van der Waals surface area contributed by atoms with Gasteiger partial charge < -0.3 is 10.2 Å². The minimum absolute atomic E-state index is 0.121. The average molecular weight is 316 g/mol. The molecule has 0 aromatic heterocycles. The van der Waals surface area contributed by atoms with Crippen molar-refractivity contribution in [2.75, 3.05) is 23.3 Å². The maximum absolute atomic E-state index is 13.5. The van der Waals surface area contributed by atoms with Crippen molar-refractivity contribution in [3.8, 4) is 0 Å². The third-order valence-corrected chi connectivity index (χ3v) is 3.96. The number of nitrogens with one attached hydrogen (secondary N) is 1. The molecule has 5 heteroatoms. The molecule has 1 fully saturated rings. The number of anilines is 2. The van der Waals surface area contributed by atoms with Gasteiger partial charge >= 0.3 is 0 Å². The Bertz CT molecular complexity index is 695.